The minimum atomic E-state index is -0.568. The van der Waals surface area contributed by atoms with Crippen molar-refractivity contribution in [2.75, 3.05) is 13.2 Å². The lowest BCUT2D eigenvalue weighted by atomic mass is 9.99. The van der Waals surface area contributed by atoms with Gasteiger partial charge < -0.3 is 15.2 Å². The van der Waals surface area contributed by atoms with Crippen LogP contribution in [0, 0.1) is 13.8 Å². The maximum atomic E-state index is 10.2. The molecule has 2 aromatic rings. The Bertz CT molecular complexity index is 629. The van der Waals surface area contributed by atoms with E-state index in [1.54, 1.807) is 11.3 Å². The predicted molar refractivity (Wildman–Crippen MR) is 95.2 cm³/mol. The number of aryl methyl sites for hydroxylation is 2. The molecule has 126 valence electrons. The summed E-state index contributed by atoms with van der Waals surface area (Å²) in [4.78, 5) is 4.58. The SMILES string of the molecule is CCC(C)(NCC(O)COc1ccccc1C)c1nc(C)cs1. The molecule has 23 heavy (non-hydrogen) atoms. The van der Waals surface area contributed by atoms with Crippen LogP contribution in [-0.4, -0.2) is 29.3 Å². The van der Waals surface area contributed by atoms with E-state index in [1.807, 2.05) is 38.1 Å². The number of aliphatic hydroxyl groups excluding tert-OH is 1. The van der Waals surface area contributed by atoms with Gasteiger partial charge in [0.15, 0.2) is 0 Å². The molecule has 5 heteroatoms. The van der Waals surface area contributed by atoms with Crippen molar-refractivity contribution in [3.05, 3.63) is 45.9 Å². The van der Waals surface area contributed by atoms with Crippen molar-refractivity contribution < 1.29 is 9.84 Å². The van der Waals surface area contributed by atoms with Crippen LogP contribution in [0.15, 0.2) is 29.6 Å². The van der Waals surface area contributed by atoms with Gasteiger partial charge in [-0.2, -0.15) is 0 Å². The summed E-state index contributed by atoms with van der Waals surface area (Å²) in [5.41, 5.74) is 1.89. The molecule has 0 aliphatic heterocycles. The number of nitrogens with one attached hydrogen (secondary N) is 1. The normalized spacial score (nSPS) is 15.2. The molecule has 0 aliphatic carbocycles. The first kappa shape index (κ1) is 17.9. The van der Waals surface area contributed by atoms with E-state index in [2.05, 4.69) is 29.5 Å². The molecule has 0 saturated heterocycles. The molecule has 0 aliphatic rings. The Morgan fingerprint density at radius 3 is 2.70 bits per heavy atom. The third kappa shape index (κ3) is 4.77. The predicted octanol–water partition coefficient (Wildman–Crippen LogP) is 3.41. The lowest BCUT2D eigenvalue weighted by Crippen LogP contribution is -2.44. The maximum Gasteiger partial charge on any atom is 0.122 e. The Morgan fingerprint density at radius 1 is 1.35 bits per heavy atom. The lowest BCUT2D eigenvalue weighted by molar-refractivity contribution is 0.0965. The Morgan fingerprint density at radius 2 is 2.09 bits per heavy atom. The highest BCUT2D eigenvalue weighted by molar-refractivity contribution is 7.09. The first-order valence-corrected chi connectivity index (χ1v) is 8.86. The second-order valence-electron chi connectivity index (χ2n) is 6.09. The molecule has 2 unspecified atom stereocenters. The average Bonchev–Trinajstić information content (AvgIpc) is 2.99. The third-order valence-corrected chi connectivity index (χ3v) is 5.27. The van der Waals surface area contributed by atoms with Crippen molar-refractivity contribution in [1.29, 1.82) is 0 Å². The number of para-hydroxylation sites is 1. The van der Waals surface area contributed by atoms with Crippen LogP contribution in [0.2, 0.25) is 0 Å². The molecule has 2 atom stereocenters. The molecule has 0 radical (unpaired) electrons. The number of aromatic nitrogens is 1. The largest absolute Gasteiger partial charge is 0.491 e. The van der Waals surface area contributed by atoms with Gasteiger partial charge in [0.1, 0.15) is 23.5 Å². The van der Waals surface area contributed by atoms with E-state index < -0.39 is 6.10 Å². The number of hydrogen-bond donors (Lipinski definition) is 2. The summed E-state index contributed by atoms with van der Waals surface area (Å²) < 4.78 is 5.70. The molecule has 0 bridgehead atoms. The van der Waals surface area contributed by atoms with Crippen molar-refractivity contribution in [1.82, 2.24) is 10.3 Å². The highest BCUT2D eigenvalue weighted by atomic mass is 32.1. The van der Waals surface area contributed by atoms with Gasteiger partial charge in [0.2, 0.25) is 0 Å². The summed E-state index contributed by atoms with van der Waals surface area (Å²) in [7, 11) is 0. The molecule has 4 nitrogen and oxygen atoms in total. The van der Waals surface area contributed by atoms with E-state index in [0.717, 1.165) is 28.4 Å². The van der Waals surface area contributed by atoms with Gasteiger partial charge in [0.25, 0.3) is 0 Å². The number of ether oxygens (including phenoxy) is 1. The molecule has 2 rings (SSSR count). The number of aliphatic hydroxyl groups is 1. The maximum absolute atomic E-state index is 10.2. The van der Waals surface area contributed by atoms with E-state index in [1.165, 1.54) is 0 Å². The van der Waals surface area contributed by atoms with Crippen LogP contribution in [0.3, 0.4) is 0 Å². The van der Waals surface area contributed by atoms with Gasteiger partial charge in [-0.05, 0) is 38.8 Å². The van der Waals surface area contributed by atoms with Crippen LogP contribution in [0.1, 0.15) is 36.5 Å². The van der Waals surface area contributed by atoms with Crippen molar-refractivity contribution >= 4 is 11.3 Å². The summed E-state index contributed by atoms with van der Waals surface area (Å²) in [6.45, 7) is 8.99. The van der Waals surface area contributed by atoms with Crippen LogP contribution in [0.4, 0.5) is 0 Å². The summed E-state index contributed by atoms with van der Waals surface area (Å²) in [6.07, 6.45) is 0.340. The lowest BCUT2D eigenvalue weighted by Gasteiger charge is -2.29. The summed E-state index contributed by atoms with van der Waals surface area (Å²) >= 11 is 1.66. The van der Waals surface area contributed by atoms with Crippen LogP contribution in [0.5, 0.6) is 5.75 Å². The van der Waals surface area contributed by atoms with Crippen LogP contribution < -0.4 is 10.1 Å². The zero-order chi connectivity index (χ0) is 16.9. The molecule has 1 aromatic carbocycles. The fraction of sp³-hybridized carbons (Fsp3) is 0.500. The van der Waals surface area contributed by atoms with E-state index in [-0.39, 0.29) is 12.1 Å². The van der Waals surface area contributed by atoms with E-state index in [4.69, 9.17) is 4.74 Å². The van der Waals surface area contributed by atoms with Crippen molar-refractivity contribution in [3.8, 4) is 5.75 Å². The molecule has 0 amide bonds. The zero-order valence-electron chi connectivity index (χ0n) is 14.3. The molecule has 1 aromatic heterocycles. The fourth-order valence-electron chi connectivity index (χ4n) is 2.27. The van der Waals surface area contributed by atoms with E-state index >= 15 is 0 Å². The smallest absolute Gasteiger partial charge is 0.122 e. The third-order valence-electron chi connectivity index (χ3n) is 4.05. The van der Waals surface area contributed by atoms with Gasteiger partial charge in [-0.3, -0.25) is 0 Å². The van der Waals surface area contributed by atoms with Crippen LogP contribution in [0.25, 0.3) is 0 Å². The van der Waals surface area contributed by atoms with Crippen molar-refractivity contribution in [2.45, 2.75) is 45.8 Å². The topological polar surface area (TPSA) is 54.4 Å². The number of benzene rings is 1. The summed E-state index contributed by atoms with van der Waals surface area (Å²) in [5.74, 6) is 0.820. The van der Waals surface area contributed by atoms with Gasteiger partial charge in [0.05, 0.1) is 5.54 Å². The number of thiazole rings is 1. The van der Waals surface area contributed by atoms with Gasteiger partial charge in [0, 0.05) is 17.6 Å². The van der Waals surface area contributed by atoms with Crippen LogP contribution >= 0.6 is 11.3 Å². The number of rotatable bonds is 8. The molecular weight excluding hydrogens is 308 g/mol. The summed E-state index contributed by atoms with van der Waals surface area (Å²) in [6, 6.07) is 7.83. The van der Waals surface area contributed by atoms with E-state index in [9.17, 15) is 5.11 Å². The van der Waals surface area contributed by atoms with Gasteiger partial charge in [-0.15, -0.1) is 11.3 Å². The number of hydrogen-bond acceptors (Lipinski definition) is 5. The highest BCUT2D eigenvalue weighted by Crippen LogP contribution is 2.27. The minimum absolute atomic E-state index is 0.220. The van der Waals surface area contributed by atoms with Gasteiger partial charge in [-0.25, -0.2) is 4.98 Å². The van der Waals surface area contributed by atoms with Gasteiger partial charge in [-0.1, -0.05) is 25.1 Å². The highest BCUT2D eigenvalue weighted by Gasteiger charge is 2.28. The Kier molecular flexibility index (Phi) is 6.16. The molecule has 1 heterocycles. The molecule has 0 fully saturated rings. The minimum Gasteiger partial charge on any atom is -0.491 e. The summed E-state index contributed by atoms with van der Waals surface area (Å²) in [5, 5.41) is 16.8. The fourth-order valence-corrected chi connectivity index (χ4v) is 3.27. The Hall–Kier alpha value is -1.43. The average molecular weight is 334 g/mol. The molecule has 0 spiro atoms. The second kappa shape index (κ2) is 7.90. The van der Waals surface area contributed by atoms with Crippen LogP contribution in [-0.2, 0) is 5.54 Å². The van der Waals surface area contributed by atoms with Crippen molar-refractivity contribution in [2.24, 2.45) is 0 Å². The van der Waals surface area contributed by atoms with Gasteiger partial charge >= 0.3 is 0 Å². The monoisotopic (exact) mass is 334 g/mol. The first-order chi connectivity index (χ1) is 10.9. The zero-order valence-corrected chi connectivity index (χ0v) is 15.1. The number of nitrogens with zero attached hydrogens (tertiary/aromatic N) is 1. The first-order valence-electron chi connectivity index (χ1n) is 7.98. The standard InChI is InChI=1S/C18H26N2O2S/c1-5-18(4,17-20-14(3)12-23-17)19-10-15(21)11-22-16-9-7-6-8-13(16)2/h6-9,12,15,19,21H,5,10-11H2,1-4H3. The molecular formula is C18H26N2O2S. The Balaban J connectivity index is 1.87. The second-order valence-corrected chi connectivity index (χ2v) is 6.95. The van der Waals surface area contributed by atoms with Crippen molar-refractivity contribution in [3.63, 3.8) is 0 Å². The van der Waals surface area contributed by atoms with E-state index in [0.29, 0.717) is 6.54 Å². The quantitative estimate of drug-likeness (QED) is 0.777. The Labute approximate surface area is 142 Å². The molecule has 2 N–H and O–H groups in total. The molecule has 0 saturated carbocycles.